The SMILES string of the molecule is Cc1cc(NC(=O)C2(C)CCCNC2)cc(C)c1Br. The van der Waals surface area contributed by atoms with Crippen LogP contribution < -0.4 is 10.6 Å². The molecule has 1 atom stereocenters. The number of hydrogen-bond acceptors (Lipinski definition) is 2. The lowest BCUT2D eigenvalue weighted by atomic mass is 9.82. The lowest BCUT2D eigenvalue weighted by molar-refractivity contribution is -0.125. The summed E-state index contributed by atoms with van der Waals surface area (Å²) in [7, 11) is 0. The first-order chi connectivity index (χ1) is 8.92. The quantitative estimate of drug-likeness (QED) is 0.875. The van der Waals surface area contributed by atoms with E-state index in [1.165, 1.54) is 0 Å². The van der Waals surface area contributed by atoms with E-state index in [4.69, 9.17) is 0 Å². The van der Waals surface area contributed by atoms with Crippen LogP contribution in [0.1, 0.15) is 30.9 Å². The van der Waals surface area contributed by atoms with Gasteiger partial charge in [-0.2, -0.15) is 0 Å². The third-order valence-corrected chi connectivity index (χ3v) is 5.09. The monoisotopic (exact) mass is 324 g/mol. The van der Waals surface area contributed by atoms with Gasteiger partial charge in [-0.05, 0) is 63.4 Å². The molecule has 1 aromatic carbocycles. The maximum atomic E-state index is 12.4. The minimum atomic E-state index is -0.298. The highest BCUT2D eigenvalue weighted by molar-refractivity contribution is 9.10. The van der Waals surface area contributed by atoms with Crippen LogP contribution in [-0.2, 0) is 4.79 Å². The van der Waals surface area contributed by atoms with Crippen LogP contribution in [0.4, 0.5) is 5.69 Å². The average Bonchev–Trinajstić information content (AvgIpc) is 2.36. The van der Waals surface area contributed by atoms with Crippen LogP contribution in [0.5, 0.6) is 0 Å². The zero-order chi connectivity index (χ0) is 14.0. The molecule has 19 heavy (non-hydrogen) atoms. The molecule has 0 saturated carbocycles. The summed E-state index contributed by atoms with van der Waals surface area (Å²) >= 11 is 3.54. The molecule has 0 radical (unpaired) electrons. The lowest BCUT2D eigenvalue weighted by Gasteiger charge is -2.32. The number of carbonyl (C=O) groups is 1. The number of carbonyl (C=O) groups excluding carboxylic acids is 1. The number of hydrogen-bond donors (Lipinski definition) is 2. The van der Waals surface area contributed by atoms with Gasteiger partial charge in [0, 0.05) is 16.7 Å². The number of halogens is 1. The second-order valence-electron chi connectivity index (χ2n) is 5.72. The molecule has 1 aromatic rings. The van der Waals surface area contributed by atoms with Crippen LogP contribution in [0.25, 0.3) is 0 Å². The first-order valence-electron chi connectivity index (χ1n) is 6.71. The Labute approximate surface area is 123 Å². The Morgan fingerprint density at radius 2 is 2.00 bits per heavy atom. The van der Waals surface area contributed by atoms with Gasteiger partial charge in [0.1, 0.15) is 0 Å². The molecule has 2 rings (SSSR count). The van der Waals surface area contributed by atoms with Crippen LogP contribution in [-0.4, -0.2) is 19.0 Å². The molecular weight excluding hydrogens is 304 g/mol. The molecule has 1 amide bonds. The number of rotatable bonds is 2. The minimum Gasteiger partial charge on any atom is -0.326 e. The van der Waals surface area contributed by atoms with E-state index >= 15 is 0 Å². The van der Waals surface area contributed by atoms with Crippen molar-refractivity contribution in [3.05, 3.63) is 27.7 Å². The molecular formula is C15H21BrN2O. The third-order valence-electron chi connectivity index (χ3n) is 3.84. The molecule has 1 aliphatic rings. The number of benzene rings is 1. The van der Waals surface area contributed by atoms with Gasteiger partial charge in [0.05, 0.1) is 5.41 Å². The first-order valence-corrected chi connectivity index (χ1v) is 7.51. The van der Waals surface area contributed by atoms with Gasteiger partial charge in [-0.1, -0.05) is 15.9 Å². The van der Waals surface area contributed by atoms with Crippen molar-refractivity contribution in [2.75, 3.05) is 18.4 Å². The second-order valence-corrected chi connectivity index (χ2v) is 6.51. The molecule has 1 fully saturated rings. The van der Waals surface area contributed by atoms with Crippen molar-refractivity contribution >= 4 is 27.5 Å². The zero-order valence-corrected chi connectivity index (χ0v) is 13.4. The maximum Gasteiger partial charge on any atom is 0.231 e. The Morgan fingerprint density at radius 3 is 2.53 bits per heavy atom. The van der Waals surface area contributed by atoms with Gasteiger partial charge in [-0.3, -0.25) is 4.79 Å². The average molecular weight is 325 g/mol. The second kappa shape index (κ2) is 5.63. The smallest absolute Gasteiger partial charge is 0.231 e. The molecule has 0 aromatic heterocycles. The van der Waals surface area contributed by atoms with Crippen molar-refractivity contribution in [3.8, 4) is 0 Å². The summed E-state index contributed by atoms with van der Waals surface area (Å²) < 4.78 is 1.11. The van der Waals surface area contributed by atoms with E-state index in [-0.39, 0.29) is 11.3 Å². The Kier molecular flexibility index (Phi) is 4.31. The van der Waals surface area contributed by atoms with E-state index in [0.717, 1.165) is 47.2 Å². The Morgan fingerprint density at radius 1 is 1.37 bits per heavy atom. The van der Waals surface area contributed by atoms with Crippen molar-refractivity contribution in [2.45, 2.75) is 33.6 Å². The standard InChI is InChI=1S/C15H21BrN2O/c1-10-7-12(8-11(2)13(10)16)18-14(19)15(3)5-4-6-17-9-15/h7-8,17H,4-6,9H2,1-3H3,(H,18,19). The summed E-state index contributed by atoms with van der Waals surface area (Å²) in [5, 5.41) is 6.37. The summed E-state index contributed by atoms with van der Waals surface area (Å²) in [6, 6.07) is 4.02. The molecule has 0 bridgehead atoms. The molecule has 0 spiro atoms. The van der Waals surface area contributed by atoms with Gasteiger partial charge >= 0.3 is 0 Å². The number of piperidine rings is 1. The summed E-state index contributed by atoms with van der Waals surface area (Å²) in [6.45, 7) is 7.88. The fourth-order valence-corrected chi connectivity index (χ4v) is 2.78. The predicted molar refractivity (Wildman–Crippen MR) is 82.5 cm³/mol. The number of anilines is 1. The molecule has 1 saturated heterocycles. The largest absolute Gasteiger partial charge is 0.326 e. The first kappa shape index (κ1) is 14.5. The Bertz CT molecular complexity index is 470. The van der Waals surface area contributed by atoms with Crippen molar-refractivity contribution in [1.29, 1.82) is 0 Å². The summed E-state index contributed by atoms with van der Waals surface area (Å²) in [5.41, 5.74) is 2.87. The van der Waals surface area contributed by atoms with Crippen LogP contribution in [0.3, 0.4) is 0 Å². The Balaban J connectivity index is 2.14. The van der Waals surface area contributed by atoms with E-state index in [0.29, 0.717) is 0 Å². The van der Waals surface area contributed by atoms with Crippen LogP contribution in [0.2, 0.25) is 0 Å². The molecule has 1 unspecified atom stereocenters. The predicted octanol–water partition coefficient (Wildman–Crippen LogP) is 3.39. The fourth-order valence-electron chi connectivity index (χ4n) is 2.55. The van der Waals surface area contributed by atoms with Gasteiger partial charge < -0.3 is 10.6 Å². The molecule has 1 heterocycles. The van der Waals surface area contributed by atoms with Gasteiger partial charge in [0.15, 0.2) is 0 Å². The van der Waals surface area contributed by atoms with Crippen molar-refractivity contribution in [3.63, 3.8) is 0 Å². The zero-order valence-electron chi connectivity index (χ0n) is 11.8. The number of nitrogens with one attached hydrogen (secondary N) is 2. The molecule has 1 aliphatic heterocycles. The van der Waals surface area contributed by atoms with Crippen molar-refractivity contribution in [2.24, 2.45) is 5.41 Å². The lowest BCUT2D eigenvalue weighted by Crippen LogP contribution is -2.46. The topological polar surface area (TPSA) is 41.1 Å². The van der Waals surface area contributed by atoms with Crippen molar-refractivity contribution < 1.29 is 4.79 Å². The summed E-state index contributed by atoms with van der Waals surface area (Å²) in [4.78, 5) is 12.4. The van der Waals surface area contributed by atoms with Crippen LogP contribution >= 0.6 is 15.9 Å². The van der Waals surface area contributed by atoms with Crippen molar-refractivity contribution in [1.82, 2.24) is 5.32 Å². The Hall–Kier alpha value is -0.870. The normalized spacial score (nSPS) is 23.2. The van der Waals surface area contributed by atoms with E-state index in [9.17, 15) is 4.79 Å². The molecule has 0 aliphatic carbocycles. The highest BCUT2D eigenvalue weighted by atomic mass is 79.9. The molecule has 4 heteroatoms. The van der Waals surface area contributed by atoms with Crippen LogP contribution in [0, 0.1) is 19.3 Å². The number of aryl methyl sites for hydroxylation is 2. The number of amides is 1. The van der Waals surface area contributed by atoms with Crippen LogP contribution in [0.15, 0.2) is 16.6 Å². The highest BCUT2D eigenvalue weighted by Gasteiger charge is 2.34. The van der Waals surface area contributed by atoms with E-state index < -0.39 is 0 Å². The molecule has 2 N–H and O–H groups in total. The van der Waals surface area contributed by atoms with E-state index in [1.54, 1.807) is 0 Å². The van der Waals surface area contributed by atoms with Gasteiger partial charge in [-0.15, -0.1) is 0 Å². The summed E-state index contributed by atoms with van der Waals surface area (Å²) in [6.07, 6.45) is 2.00. The maximum absolute atomic E-state index is 12.4. The highest BCUT2D eigenvalue weighted by Crippen LogP contribution is 2.29. The third kappa shape index (κ3) is 3.18. The summed E-state index contributed by atoms with van der Waals surface area (Å²) in [5.74, 6) is 0.112. The van der Waals surface area contributed by atoms with Gasteiger partial charge in [0.25, 0.3) is 0 Å². The molecule has 104 valence electrons. The molecule has 3 nitrogen and oxygen atoms in total. The van der Waals surface area contributed by atoms with E-state index in [1.807, 2.05) is 32.9 Å². The van der Waals surface area contributed by atoms with Gasteiger partial charge in [0.2, 0.25) is 5.91 Å². The van der Waals surface area contributed by atoms with E-state index in [2.05, 4.69) is 26.6 Å². The fraction of sp³-hybridized carbons (Fsp3) is 0.533. The van der Waals surface area contributed by atoms with Gasteiger partial charge in [-0.25, -0.2) is 0 Å². The minimum absolute atomic E-state index is 0.112.